The lowest BCUT2D eigenvalue weighted by molar-refractivity contribution is -0.0483. The third-order valence-corrected chi connectivity index (χ3v) is 9.25. The highest BCUT2D eigenvalue weighted by Crippen LogP contribution is 2.31. The van der Waals surface area contributed by atoms with Crippen molar-refractivity contribution in [3.05, 3.63) is 65.2 Å². The first kappa shape index (κ1) is 34.3. The van der Waals surface area contributed by atoms with Crippen LogP contribution in [0.3, 0.4) is 0 Å². The first-order valence-electron chi connectivity index (χ1n) is 15.3. The van der Waals surface area contributed by atoms with Gasteiger partial charge in [0.2, 0.25) is 11.8 Å². The van der Waals surface area contributed by atoms with Crippen LogP contribution in [0.1, 0.15) is 75.4 Å². The lowest BCUT2D eigenvalue weighted by Crippen LogP contribution is -2.44. The number of aromatic nitrogens is 2. The Kier molecular flexibility index (Phi) is 10.6. The van der Waals surface area contributed by atoms with Crippen molar-refractivity contribution in [1.82, 2.24) is 15.3 Å². The summed E-state index contributed by atoms with van der Waals surface area (Å²) in [5.41, 5.74) is 3.62. The summed E-state index contributed by atoms with van der Waals surface area (Å²) in [6.07, 6.45) is 3.13. The molecule has 244 valence electrons. The Bertz CT molecular complexity index is 1590. The van der Waals surface area contributed by atoms with Crippen molar-refractivity contribution in [2.45, 2.75) is 84.8 Å². The average molecular weight is 638 g/mol. The summed E-state index contributed by atoms with van der Waals surface area (Å²) >= 11 is 0. The monoisotopic (exact) mass is 637 g/mol. The van der Waals surface area contributed by atoms with E-state index in [4.69, 9.17) is 14.3 Å². The standard InChI is InChI=1S/C34H47N5O5S/c1-22-10-8-11-23(2)30(22)28-17-29(38-32(37-28)39-45(35,42)27-13-9-12-24(16-27)31(40)41)43-20-25(18-33(3,4)5)36-19-26-14-15-34(6,7)21-44-26/h8-13,16-17,25-26,36H,14-15,18-21H2,1-7H3,(H,40,41)(H2,35,37,38,39,42)/t25-,26?,45?/m1/s1. The quantitative estimate of drug-likeness (QED) is 0.168. The number of carboxylic acid groups (broad SMARTS) is 1. The predicted octanol–water partition coefficient (Wildman–Crippen LogP) is 6.87. The zero-order valence-corrected chi connectivity index (χ0v) is 28.2. The molecule has 0 amide bonds. The highest BCUT2D eigenvalue weighted by molar-refractivity contribution is 7.93. The molecule has 0 radical (unpaired) electrons. The summed E-state index contributed by atoms with van der Waals surface area (Å²) < 4.78 is 37.2. The Morgan fingerprint density at radius 1 is 1.16 bits per heavy atom. The van der Waals surface area contributed by atoms with Crippen molar-refractivity contribution in [1.29, 1.82) is 4.78 Å². The van der Waals surface area contributed by atoms with Gasteiger partial charge in [0.1, 0.15) is 6.61 Å². The van der Waals surface area contributed by atoms with Crippen LogP contribution in [0, 0.1) is 29.5 Å². The second kappa shape index (κ2) is 13.8. The zero-order chi connectivity index (χ0) is 33.0. The Balaban J connectivity index is 1.61. The number of benzene rings is 2. The maximum atomic E-state index is 13.5. The van der Waals surface area contributed by atoms with Crippen LogP contribution in [-0.4, -0.2) is 57.2 Å². The van der Waals surface area contributed by atoms with Crippen molar-refractivity contribution in [3.63, 3.8) is 0 Å². The first-order valence-corrected chi connectivity index (χ1v) is 16.9. The minimum atomic E-state index is -3.71. The molecule has 1 aromatic heterocycles. The van der Waals surface area contributed by atoms with Crippen molar-refractivity contribution < 1.29 is 23.6 Å². The highest BCUT2D eigenvalue weighted by Gasteiger charge is 2.29. The zero-order valence-electron chi connectivity index (χ0n) is 27.4. The van der Waals surface area contributed by atoms with Crippen molar-refractivity contribution in [3.8, 4) is 17.1 Å². The molecule has 2 heterocycles. The minimum absolute atomic E-state index is 0.00806. The van der Waals surface area contributed by atoms with Gasteiger partial charge in [0.25, 0.3) is 0 Å². The summed E-state index contributed by atoms with van der Waals surface area (Å²) in [4.78, 5) is 20.7. The maximum Gasteiger partial charge on any atom is 0.335 e. The number of rotatable bonds is 12. The van der Waals surface area contributed by atoms with Crippen LogP contribution in [0.5, 0.6) is 5.88 Å². The number of carbonyl (C=O) groups is 1. The summed E-state index contributed by atoms with van der Waals surface area (Å²) in [5.74, 6) is -0.950. The van der Waals surface area contributed by atoms with Crippen LogP contribution in [0.2, 0.25) is 0 Å². The Hall–Kier alpha value is -3.54. The van der Waals surface area contributed by atoms with Gasteiger partial charge in [0.15, 0.2) is 9.92 Å². The van der Waals surface area contributed by atoms with Gasteiger partial charge in [-0.2, -0.15) is 4.98 Å². The summed E-state index contributed by atoms with van der Waals surface area (Å²) in [5, 5.41) is 13.1. The summed E-state index contributed by atoms with van der Waals surface area (Å²) in [6, 6.07) is 13.2. The number of nitrogens with zero attached hydrogens (tertiary/aromatic N) is 2. The van der Waals surface area contributed by atoms with Gasteiger partial charge in [-0.15, -0.1) is 0 Å². The molecule has 11 heteroatoms. The fraction of sp³-hybridized carbons (Fsp3) is 0.500. The van der Waals surface area contributed by atoms with E-state index in [1.165, 1.54) is 24.3 Å². The molecule has 0 saturated carbocycles. The molecule has 4 rings (SSSR count). The molecule has 0 spiro atoms. The van der Waals surface area contributed by atoms with Crippen molar-refractivity contribution in [2.75, 3.05) is 24.5 Å². The van der Waals surface area contributed by atoms with E-state index in [1.807, 2.05) is 32.0 Å². The molecule has 0 bridgehead atoms. The number of hydrogen-bond acceptors (Lipinski definition) is 8. The third-order valence-electron chi connectivity index (χ3n) is 7.87. The summed E-state index contributed by atoms with van der Waals surface area (Å²) in [7, 11) is -3.71. The highest BCUT2D eigenvalue weighted by atomic mass is 32.2. The minimum Gasteiger partial charge on any atom is -0.478 e. The Labute approximate surface area is 267 Å². The SMILES string of the molecule is Cc1cccc(C)c1-c1cc(OC[C@@H](CC(C)(C)C)NCC2CCC(C)(C)CO2)nc(NS(=N)(=O)c2cccc(C(=O)O)c2)n1. The van der Waals surface area contributed by atoms with E-state index in [9.17, 15) is 14.1 Å². The topological polar surface area (TPSA) is 147 Å². The van der Waals surface area contributed by atoms with E-state index in [0.717, 1.165) is 49.1 Å². The van der Waals surface area contributed by atoms with Crippen LogP contribution in [-0.2, 0) is 14.7 Å². The molecule has 1 aliphatic rings. The molecule has 10 nitrogen and oxygen atoms in total. The van der Waals surface area contributed by atoms with E-state index in [2.05, 4.69) is 54.6 Å². The van der Waals surface area contributed by atoms with Gasteiger partial charge in [0.05, 0.1) is 28.9 Å². The fourth-order valence-corrected chi connectivity index (χ4v) is 6.54. The number of anilines is 1. The normalized spacial score (nSPS) is 18.5. The van der Waals surface area contributed by atoms with Gasteiger partial charge in [-0.05, 0) is 73.3 Å². The molecule has 3 atom stereocenters. The van der Waals surface area contributed by atoms with Crippen LogP contribution in [0.4, 0.5) is 5.95 Å². The van der Waals surface area contributed by atoms with Crippen LogP contribution in [0.25, 0.3) is 11.3 Å². The number of aryl methyl sites for hydroxylation is 2. The maximum absolute atomic E-state index is 13.5. The third kappa shape index (κ3) is 9.72. The predicted molar refractivity (Wildman–Crippen MR) is 177 cm³/mol. The van der Waals surface area contributed by atoms with Crippen molar-refractivity contribution in [2.24, 2.45) is 10.8 Å². The first-order chi connectivity index (χ1) is 21.0. The lowest BCUT2D eigenvalue weighted by atomic mass is 9.85. The van der Waals surface area contributed by atoms with Crippen molar-refractivity contribution >= 4 is 21.8 Å². The van der Waals surface area contributed by atoms with Gasteiger partial charge in [-0.1, -0.05) is 58.9 Å². The number of aromatic carboxylic acids is 1. The lowest BCUT2D eigenvalue weighted by Gasteiger charge is -2.35. The Morgan fingerprint density at radius 2 is 1.84 bits per heavy atom. The fourth-order valence-electron chi connectivity index (χ4n) is 5.51. The summed E-state index contributed by atoms with van der Waals surface area (Å²) in [6.45, 7) is 16.8. The number of hydrogen-bond donors (Lipinski definition) is 4. The van der Waals surface area contributed by atoms with Gasteiger partial charge in [-0.25, -0.2) is 18.8 Å². The average Bonchev–Trinajstić information content (AvgIpc) is 2.94. The number of carboxylic acids is 1. The van der Waals surface area contributed by atoms with Crippen LogP contribution in [0.15, 0.2) is 53.4 Å². The molecule has 4 N–H and O–H groups in total. The van der Waals surface area contributed by atoms with Gasteiger partial charge >= 0.3 is 5.97 Å². The van der Waals surface area contributed by atoms with E-state index in [-0.39, 0.29) is 45.3 Å². The smallest absolute Gasteiger partial charge is 0.335 e. The molecule has 2 unspecified atom stereocenters. The molecule has 1 saturated heterocycles. The van der Waals surface area contributed by atoms with Crippen LogP contribution >= 0.6 is 0 Å². The van der Waals surface area contributed by atoms with E-state index in [0.29, 0.717) is 12.3 Å². The molecular formula is C34H47N5O5S. The second-order valence-electron chi connectivity index (χ2n) is 14.0. The molecule has 0 aliphatic carbocycles. The van der Waals surface area contributed by atoms with Gasteiger partial charge < -0.3 is 19.9 Å². The molecule has 2 aromatic carbocycles. The molecular weight excluding hydrogens is 590 g/mol. The largest absolute Gasteiger partial charge is 0.478 e. The molecule has 45 heavy (non-hydrogen) atoms. The van der Waals surface area contributed by atoms with E-state index >= 15 is 0 Å². The van der Waals surface area contributed by atoms with E-state index in [1.54, 1.807) is 6.07 Å². The number of ether oxygens (including phenoxy) is 2. The number of nitrogens with one attached hydrogen (secondary N) is 3. The second-order valence-corrected chi connectivity index (χ2v) is 15.8. The molecule has 3 aromatic rings. The Morgan fingerprint density at radius 3 is 2.47 bits per heavy atom. The molecule has 1 aliphatic heterocycles. The van der Waals surface area contributed by atoms with Gasteiger partial charge in [0, 0.05) is 24.2 Å². The molecule has 1 fully saturated rings. The van der Waals surface area contributed by atoms with Crippen LogP contribution < -0.4 is 14.8 Å². The van der Waals surface area contributed by atoms with E-state index < -0.39 is 15.9 Å². The van der Waals surface area contributed by atoms with Gasteiger partial charge in [-0.3, -0.25) is 4.72 Å².